The second-order valence-electron chi connectivity index (χ2n) is 15.6. The van der Waals surface area contributed by atoms with E-state index in [-0.39, 0.29) is 47.4 Å². The maximum atomic E-state index is 13.6. The Hall–Kier alpha value is -1.63. The van der Waals surface area contributed by atoms with Crippen LogP contribution in [0, 0.1) is 70.0 Å². The van der Waals surface area contributed by atoms with Gasteiger partial charge in [0.05, 0.1) is 24.7 Å². The third-order valence-corrected chi connectivity index (χ3v) is 13.5. The summed E-state index contributed by atoms with van der Waals surface area (Å²) >= 11 is 0. The van der Waals surface area contributed by atoms with Crippen LogP contribution < -0.4 is 0 Å². The van der Waals surface area contributed by atoms with Gasteiger partial charge in [-0.25, -0.2) is 0 Å². The van der Waals surface area contributed by atoms with Crippen molar-refractivity contribution in [1.29, 1.82) is 0 Å². The van der Waals surface area contributed by atoms with E-state index >= 15 is 0 Å². The molecule has 2 N–H and O–H groups in total. The number of carboxylic acids is 2. The van der Waals surface area contributed by atoms with Gasteiger partial charge in [-0.15, -0.1) is 0 Å². The Morgan fingerprint density at radius 3 is 2.17 bits per heavy atom. The molecule has 7 nitrogen and oxygen atoms in total. The van der Waals surface area contributed by atoms with E-state index in [4.69, 9.17) is 9.47 Å². The fourth-order valence-corrected chi connectivity index (χ4v) is 10.8. The van der Waals surface area contributed by atoms with Crippen LogP contribution >= 0.6 is 0 Å². The van der Waals surface area contributed by atoms with Crippen molar-refractivity contribution < 1.29 is 34.1 Å². The lowest BCUT2D eigenvalue weighted by molar-refractivity contribution is -0.156. The average Bonchev–Trinajstić information content (AvgIpc) is 3.64. The molecule has 13 atom stereocenters. The van der Waals surface area contributed by atoms with Gasteiger partial charge in [-0.1, -0.05) is 41.5 Å². The number of ether oxygens (including phenoxy) is 2. The van der Waals surface area contributed by atoms with Crippen LogP contribution in [0.15, 0.2) is 0 Å². The summed E-state index contributed by atoms with van der Waals surface area (Å²) in [5, 5.41) is 18.8. The van der Waals surface area contributed by atoms with Crippen LogP contribution in [0.4, 0.5) is 0 Å². The lowest BCUT2D eigenvalue weighted by Crippen LogP contribution is -2.52. The Morgan fingerprint density at radius 2 is 1.54 bits per heavy atom. The number of hydrogen-bond donors (Lipinski definition) is 2. The third-order valence-electron chi connectivity index (χ3n) is 13.5. The Morgan fingerprint density at radius 1 is 0.902 bits per heavy atom. The molecule has 3 saturated carbocycles. The van der Waals surface area contributed by atoms with Crippen LogP contribution in [-0.4, -0.2) is 46.9 Å². The molecular formula is C34H54O7. The van der Waals surface area contributed by atoms with Gasteiger partial charge in [0.25, 0.3) is 0 Å². The van der Waals surface area contributed by atoms with Crippen LogP contribution in [-0.2, 0) is 23.9 Å². The van der Waals surface area contributed by atoms with Crippen LogP contribution in [0.2, 0.25) is 0 Å². The summed E-state index contributed by atoms with van der Waals surface area (Å²) in [5.74, 6) is 1.69. The first kappa shape index (κ1) is 30.8. The first-order valence-corrected chi connectivity index (χ1v) is 16.5. The molecule has 5 fully saturated rings. The number of carbonyl (C=O) groups is 3. The Kier molecular flexibility index (Phi) is 8.62. The number of fused-ring (bicyclic) bond motifs is 5. The van der Waals surface area contributed by atoms with Gasteiger partial charge < -0.3 is 19.7 Å². The highest BCUT2D eigenvalue weighted by atomic mass is 16.6. The van der Waals surface area contributed by atoms with Crippen molar-refractivity contribution in [2.24, 2.45) is 70.0 Å². The molecule has 232 valence electrons. The van der Waals surface area contributed by atoms with Crippen LogP contribution in [0.25, 0.3) is 0 Å². The topological polar surface area (TPSA) is 113 Å². The summed E-state index contributed by atoms with van der Waals surface area (Å²) in [6, 6.07) is 0. The van der Waals surface area contributed by atoms with E-state index in [2.05, 4.69) is 41.5 Å². The van der Waals surface area contributed by atoms with E-state index in [1.807, 2.05) is 0 Å². The standard InChI is InChI=1S/C34H54O7/c1-18(2)19(3)30-31(41-30)20(4)24-9-10-25-23-17-40-32(39)27-15-21(7-11-28(35)36)22(8-12-29(37)38)16-34(27,6)26(23)13-14-33(24,25)5/h18-27,30-31H,7-17H2,1-6H3,(H,35,36)(H,37,38)/t19-,20-,21-,22+,23-,24+,25-,26-,27+,30+,31+,33+,34+/m0/s1. The van der Waals surface area contributed by atoms with Gasteiger partial charge in [0.2, 0.25) is 0 Å². The lowest BCUT2D eigenvalue weighted by atomic mass is 9.46. The predicted octanol–water partition coefficient (Wildman–Crippen LogP) is 6.68. The molecule has 0 aromatic heterocycles. The van der Waals surface area contributed by atoms with Crippen LogP contribution in [0.5, 0.6) is 0 Å². The monoisotopic (exact) mass is 574 g/mol. The van der Waals surface area contributed by atoms with Crippen molar-refractivity contribution in [3.8, 4) is 0 Å². The van der Waals surface area contributed by atoms with Gasteiger partial charge in [-0.2, -0.15) is 0 Å². The van der Waals surface area contributed by atoms with Gasteiger partial charge in [0, 0.05) is 12.8 Å². The molecule has 0 aromatic carbocycles. The first-order valence-electron chi connectivity index (χ1n) is 16.5. The van der Waals surface area contributed by atoms with E-state index in [1.54, 1.807) is 0 Å². The molecule has 0 amide bonds. The molecular weight excluding hydrogens is 520 g/mol. The molecule has 0 unspecified atom stereocenters. The summed E-state index contributed by atoms with van der Waals surface area (Å²) in [5.41, 5.74) is -0.0360. The number of aliphatic carboxylic acids is 2. The molecule has 5 aliphatic rings. The molecule has 3 aliphatic carbocycles. The highest BCUT2D eigenvalue weighted by molar-refractivity contribution is 5.74. The van der Waals surface area contributed by atoms with Crippen molar-refractivity contribution in [2.75, 3.05) is 6.61 Å². The van der Waals surface area contributed by atoms with Crippen LogP contribution in [0.3, 0.4) is 0 Å². The van der Waals surface area contributed by atoms with Gasteiger partial charge >= 0.3 is 17.9 Å². The van der Waals surface area contributed by atoms with Gasteiger partial charge in [-0.3, -0.25) is 14.4 Å². The van der Waals surface area contributed by atoms with E-state index in [1.165, 1.54) is 12.8 Å². The number of carbonyl (C=O) groups excluding carboxylic acids is 1. The number of epoxide rings is 1. The van der Waals surface area contributed by atoms with Crippen molar-refractivity contribution in [2.45, 2.75) is 118 Å². The zero-order chi connectivity index (χ0) is 29.9. The second kappa shape index (κ2) is 11.5. The maximum absolute atomic E-state index is 13.6. The maximum Gasteiger partial charge on any atom is 0.309 e. The normalized spacial score (nSPS) is 45.0. The summed E-state index contributed by atoms with van der Waals surface area (Å²) in [4.78, 5) is 36.5. The summed E-state index contributed by atoms with van der Waals surface area (Å²) in [7, 11) is 0. The largest absolute Gasteiger partial charge is 0.481 e. The van der Waals surface area contributed by atoms with Crippen molar-refractivity contribution >= 4 is 17.9 Å². The van der Waals surface area contributed by atoms with Gasteiger partial charge in [0.15, 0.2) is 0 Å². The molecule has 7 heteroatoms. The third kappa shape index (κ3) is 5.58. The van der Waals surface area contributed by atoms with E-state index in [9.17, 15) is 24.6 Å². The average molecular weight is 575 g/mol. The minimum absolute atomic E-state index is 0.0397. The van der Waals surface area contributed by atoms with Crippen LogP contribution in [0.1, 0.15) is 106 Å². The zero-order valence-electron chi connectivity index (χ0n) is 26.1. The number of esters is 1. The highest BCUT2D eigenvalue weighted by Crippen LogP contribution is 2.67. The Bertz CT molecular complexity index is 1010. The van der Waals surface area contributed by atoms with Gasteiger partial charge in [0.1, 0.15) is 0 Å². The highest BCUT2D eigenvalue weighted by Gasteiger charge is 2.64. The minimum atomic E-state index is -0.836. The fraction of sp³-hybridized carbons (Fsp3) is 0.912. The molecule has 0 spiro atoms. The smallest absolute Gasteiger partial charge is 0.309 e. The predicted molar refractivity (Wildman–Crippen MR) is 155 cm³/mol. The van der Waals surface area contributed by atoms with Crippen molar-refractivity contribution in [3.63, 3.8) is 0 Å². The van der Waals surface area contributed by atoms with Crippen molar-refractivity contribution in [3.05, 3.63) is 0 Å². The fourth-order valence-electron chi connectivity index (χ4n) is 10.8. The number of cyclic esters (lactones) is 1. The number of rotatable bonds is 10. The molecule has 2 aliphatic heterocycles. The minimum Gasteiger partial charge on any atom is -0.481 e. The molecule has 0 radical (unpaired) electrons. The zero-order valence-corrected chi connectivity index (χ0v) is 26.1. The quantitative estimate of drug-likeness (QED) is 0.221. The molecule has 0 bridgehead atoms. The molecule has 2 heterocycles. The number of hydrogen-bond acceptors (Lipinski definition) is 5. The van der Waals surface area contributed by atoms with E-state index < -0.39 is 11.9 Å². The molecule has 0 aromatic rings. The van der Waals surface area contributed by atoms with Gasteiger partial charge in [-0.05, 0) is 115 Å². The van der Waals surface area contributed by atoms with E-state index in [0.717, 1.165) is 19.3 Å². The first-order chi connectivity index (χ1) is 19.3. The summed E-state index contributed by atoms with van der Waals surface area (Å²) in [6.45, 7) is 14.6. The Labute approximate surface area is 246 Å². The second-order valence-corrected chi connectivity index (χ2v) is 15.6. The Balaban J connectivity index is 1.36. The molecule has 5 rings (SSSR count). The summed E-state index contributed by atoms with van der Waals surface area (Å²) in [6.07, 6.45) is 7.94. The molecule has 2 saturated heterocycles. The summed E-state index contributed by atoms with van der Waals surface area (Å²) < 4.78 is 12.4. The SMILES string of the molecule is CC(C)[C@H](C)[C@H]1O[C@@H]1[C@@H](C)[C@H]1CC[C@H]2[C@@H]3COC(=O)[C@H]4C[C@H](CCC(=O)O)[C@H](CCC(=O)O)C[C@]4(C)[C@H]3CC[C@]12C. The number of carboxylic acid groups (broad SMARTS) is 2. The van der Waals surface area contributed by atoms with Crippen molar-refractivity contribution in [1.82, 2.24) is 0 Å². The molecule has 41 heavy (non-hydrogen) atoms. The van der Waals surface area contributed by atoms with E-state index in [0.29, 0.717) is 79.5 Å². The lowest BCUT2D eigenvalue weighted by Gasteiger charge is -2.57.